The van der Waals surface area contributed by atoms with Crippen LogP contribution in [0.3, 0.4) is 0 Å². The van der Waals surface area contributed by atoms with Crippen molar-refractivity contribution in [2.45, 2.75) is 50.5 Å². The van der Waals surface area contributed by atoms with Crippen molar-refractivity contribution >= 4 is 34.6 Å². The van der Waals surface area contributed by atoms with E-state index in [0.29, 0.717) is 35.6 Å². The van der Waals surface area contributed by atoms with Crippen LogP contribution in [-0.4, -0.2) is 56.3 Å². The molecule has 3 aliphatic rings. The number of hydrogen-bond donors (Lipinski definition) is 1. The number of piperidine rings is 1. The first-order chi connectivity index (χ1) is 20.8. The molecule has 8 nitrogen and oxygen atoms in total. The number of imidazole rings is 1. The number of likely N-dealkylation sites (tertiary alicyclic amines) is 1. The van der Waals surface area contributed by atoms with E-state index in [1.54, 1.807) is 18.2 Å². The molecule has 3 aliphatic heterocycles. The van der Waals surface area contributed by atoms with E-state index < -0.39 is 23.7 Å². The van der Waals surface area contributed by atoms with Crippen LogP contribution in [0.2, 0.25) is 5.02 Å². The Hall–Kier alpha value is -3.86. The number of aromatic carboxylic acids is 1. The molecule has 0 aliphatic carbocycles. The minimum atomic E-state index is -1.03. The van der Waals surface area contributed by atoms with Gasteiger partial charge >= 0.3 is 5.97 Å². The van der Waals surface area contributed by atoms with Crippen molar-refractivity contribution in [2.75, 3.05) is 19.7 Å². The average Bonchev–Trinajstić information content (AvgIpc) is 3.31. The number of rotatable bonds is 7. The van der Waals surface area contributed by atoms with Gasteiger partial charge < -0.3 is 19.1 Å². The highest BCUT2D eigenvalue weighted by Gasteiger charge is 2.31. The number of benzene rings is 2. The molecule has 0 radical (unpaired) electrons. The molecule has 0 unspecified atom stereocenters. The molecular formula is C32H29ClF2N4O4. The Morgan fingerprint density at radius 3 is 2.63 bits per heavy atom. The monoisotopic (exact) mass is 606 g/mol. The zero-order chi connectivity index (χ0) is 29.7. The topological polar surface area (TPSA) is 89.7 Å². The van der Waals surface area contributed by atoms with Gasteiger partial charge in [-0.1, -0.05) is 29.8 Å². The first kappa shape index (κ1) is 27.9. The van der Waals surface area contributed by atoms with E-state index in [1.807, 2.05) is 16.7 Å². The fourth-order valence-corrected chi connectivity index (χ4v) is 6.35. The van der Waals surface area contributed by atoms with Crippen LogP contribution in [0.1, 0.15) is 64.2 Å². The molecule has 1 N–H and O–H groups in total. The van der Waals surface area contributed by atoms with Crippen LogP contribution in [0.5, 0.6) is 5.75 Å². The Morgan fingerprint density at radius 1 is 1.09 bits per heavy atom. The lowest BCUT2D eigenvalue weighted by Gasteiger charge is -2.34. The van der Waals surface area contributed by atoms with Crippen LogP contribution >= 0.6 is 11.6 Å². The largest absolute Gasteiger partial charge is 0.480 e. The number of carbonyl (C=O) groups is 1. The van der Waals surface area contributed by atoms with E-state index in [-0.39, 0.29) is 28.2 Å². The van der Waals surface area contributed by atoms with E-state index in [9.17, 15) is 14.3 Å². The second kappa shape index (κ2) is 11.3. The molecule has 2 saturated heterocycles. The Morgan fingerprint density at radius 2 is 1.91 bits per heavy atom. The number of aromatic nitrogens is 3. The molecule has 2 fully saturated rings. The van der Waals surface area contributed by atoms with Gasteiger partial charge in [0.2, 0.25) is 0 Å². The maximum Gasteiger partial charge on any atom is 0.337 e. The Balaban J connectivity index is 1.10. The molecule has 2 aromatic carbocycles. The Kier molecular flexibility index (Phi) is 7.36. The third-order valence-corrected chi connectivity index (χ3v) is 8.85. The molecule has 2 atom stereocenters. The van der Waals surface area contributed by atoms with E-state index in [1.165, 1.54) is 24.4 Å². The van der Waals surface area contributed by atoms with E-state index >= 15 is 4.39 Å². The van der Waals surface area contributed by atoms with Crippen LogP contribution in [0.4, 0.5) is 8.78 Å². The third kappa shape index (κ3) is 5.39. The minimum Gasteiger partial charge on any atom is -0.480 e. The van der Waals surface area contributed by atoms with Gasteiger partial charge in [0.05, 0.1) is 35.8 Å². The lowest BCUT2D eigenvalue weighted by Crippen LogP contribution is -2.35. The highest BCUT2D eigenvalue weighted by molar-refractivity contribution is 6.30. The number of nitrogens with zero attached hydrogens (tertiary/aromatic N) is 4. The fraction of sp³-hybridized carbons (Fsp3) is 0.344. The predicted octanol–water partition coefficient (Wildman–Crippen LogP) is 6.53. The molecule has 222 valence electrons. The highest BCUT2D eigenvalue weighted by Crippen LogP contribution is 2.45. The number of carboxylic acids is 1. The smallest absolute Gasteiger partial charge is 0.337 e. The summed E-state index contributed by atoms with van der Waals surface area (Å²) in [6.45, 7) is 3.45. The Labute approximate surface area is 251 Å². The zero-order valence-electron chi connectivity index (χ0n) is 23.2. The predicted molar refractivity (Wildman–Crippen MR) is 156 cm³/mol. The summed E-state index contributed by atoms with van der Waals surface area (Å²) < 4.78 is 43.9. The summed E-state index contributed by atoms with van der Waals surface area (Å²) in [5.41, 5.74) is 2.86. The molecule has 4 aromatic rings. The molecule has 0 amide bonds. The quantitative estimate of drug-likeness (QED) is 0.256. The second-order valence-corrected chi connectivity index (χ2v) is 11.7. The first-order valence-corrected chi connectivity index (χ1v) is 14.8. The minimum absolute atomic E-state index is 0.0687. The van der Waals surface area contributed by atoms with Crippen LogP contribution < -0.4 is 4.74 Å². The fourth-order valence-electron chi connectivity index (χ4n) is 6.19. The van der Waals surface area contributed by atoms with Gasteiger partial charge in [-0.05, 0) is 74.2 Å². The average molecular weight is 607 g/mol. The molecule has 0 bridgehead atoms. The maximum absolute atomic E-state index is 15.3. The summed E-state index contributed by atoms with van der Waals surface area (Å²) in [4.78, 5) is 23.0. The number of carboxylic acid groups (broad SMARTS) is 1. The van der Waals surface area contributed by atoms with Crippen molar-refractivity contribution < 1.29 is 28.2 Å². The van der Waals surface area contributed by atoms with Gasteiger partial charge in [-0.2, -0.15) is 0 Å². The number of pyridine rings is 1. The lowest BCUT2D eigenvalue weighted by atomic mass is 9.86. The summed E-state index contributed by atoms with van der Waals surface area (Å²) >= 11 is 5.92. The van der Waals surface area contributed by atoms with Crippen LogP contribution in [0.15, 0.2) is 54.7 Å². The lowest BCUT2D eigenvalue weighted by molar-refractivity contribution is -0.0592. The van der Waals surface area contributed by atoms with Gasteiger partial charge in [-0.3, -0.25) is 4.90 Å². The van der Waals surface area contributed by atoms with Crippen LogP contribution in [0.25, 0.3) is 17.0 Å². The van der Waals surface area contributed by atoms with Crippen LogP contribution in [0, 0.1) is 5.82 Å². The molecule has 11 heteroatoms. The maximum atomic E-state index is 15.3. The number of ether oxygens (including phenoxy) is 2. The van der Waals surface area contributed by atoms with Gasteiger partial charge in [0.25, 0.3) is 0 Å². The summed E-state index contributed by atoms with van der Waals surface area (Å²) in [6.07, 6.45) is 4.39. The molecular weight excluding hydrogens is 578 g/mol. The molecule has 0 saturated carbocycles. The van der Waals surface area contributed by atoms with Crippen molar-refractivity contribution in [3.8, 4) is 5.75 Å². The van der Waals surface area contributed by atoms with Crippen molar-refractivity contribution in [1.82, 2.24) is 19.4 Å². The summed E-state index contributed by atoms with van der Waals surface area (Å²) in [5, 5.41) is 9.75. The van der Waals surface area contributed by atoms with Crippen molar-refractivity contribution in [1.29, 1.82) is 0 Å². The highest BCUT2D eigenvalue weighted by atomic mass is 35.5. The second-order valence-electron chi connectivity index (χ2n) is 11.3. The summed E-state index contributed by atoms with van der Waals surface area (Å²) in [7, 11) is 0. The number of hydrogen-bond acceptors (Lipinski definition) is 6. The number of para-hydroxylation sites is 1. The van der Waals surface area contributed by atoms with E-state index in [4.69, 9.17) is 26.1 Å². The van der Waals surface area contributed by atoms with Gasteiger partial charge in [0, 0.05) is 23.4 Å². The summed E-state index contributed by atoms with van der Waals surface area (Å²) in [6, 6.07) is 11.4. The van der Waals surface area contributed by atoms with Crippen molar-refractivity contribution in [2.24, 2.45) is 0 Å². The van der Waals surface area contributed by atoms with Crippen molar-refractivity contribution in [3.05, 3.63) is 93.7 Å². The molecule has 43 heavy (non-hydrogen) atoms. The van der Waals surface area contributed by atoms with Gasteiger partial charge in [0.15, 0.2) is 5.65 Å². The summed E-state index contributed by atoms with van der Waals surface area (Å²) in [5.74, 6) is -0.594. The SMILES string of the molecule is O=C(O)c1cnc2nc(CN3CCC(c4cccc5c4O[C@H](c4ccc(Cl)cc4F)C=C5F)CC3)n(C[C@@H]3CCO3)c2c1. The molecule has 2 aromatic heterocycles. The number of halogens is 3. The van der Waals surface area contributed by atoms with Gasteiger partial charge in [-0.25, -0.2) is 23.5 Å². The van der Waals surface area contributed by atoms with Gasteiger partial charge in [0.1, 0.15) is 29.3 Å². The normalized spacial score (nSPS) is 20.8. The molecule has 0 spiro atoms. The zero-order valence-corrected chi connectivity index (χ0v) is 23.9. The Bertz CT molecular complexity index is 1750. The van der Waals surface area contributed by atoms with Gasteiger partial charge in [-0.15, -0.1) is 0 Å². The van der Waals surface area contributed by atoms with E-state index in [2.05, 4.69) is 9.88 Å². The molecule has 7 rings (SSSR count). The number of fused-ring (bicyclic) bond motifs is 2. The van der Waals surface area contributed by atoms with Crippen molar-refractivity contribution in [3.63, 3.8) is 0 Å². The standard InChI is InChI=1S/C32H29ClF2N4O4/c33-20-4-5-23(25(34)13-20)28-14-26(35)24-3-1-2-22(30(24)43-28)18-6-9-38(10-7-18)17-29-37-31-27(12-19(15-36-31)32(40)41)39(29)16-21-8-11-42-21/h1-5,12-15,18,21,28H,6-11,16-17H2,(H,40,41)/t21-,28-/m0/s1. The van der Waals surface area contributed by atoms with Crippen LogP contribution in [-0.2, 0) is 17.8 Å². The molecule has 5 heterocycles. The van der Waals surface area contributed by atoms with E-state index in [0.717, 1.165) is 50.3 Å². The first-order valence-electron chi connectivity index (χ1n) is 14.4. The third-order valence-electron chi connectivity index (χ3n) is 8.62.